The van der Waals surface area contributed by atoms with Gasteiger partial charge >= 0.3 is 0 Å². The van der Waals surface area contributed by atoms with Gasteiger partial charge in [0.15, 0.2) is 0 Å². The molecule has 1 amide bonds. The van der Waals surface area contributed by atoms with Crippen LogP contribution in [0.4, 0.5) is 10.1 Å². The van der Waals surface area contributed by atoms with Crippen molar-refractivity contribution in [2.24, 2.45) is 7.05 Å². The first-order valence-corrected chi connectivity index (χ1v) is 9.19. The maximum Gasteiger partial charge on any atom is 0.248 e. The molecule has 2 aromatic carbocycles. The summed E-state index contributed by atoms with van der Waals surface area (Å²) in [6.45, 7) is 0. The first-order valence-electron chi connectivity index (χ1n) is 9.19. The highest BCUT2D eigenvalue weighted by molar-refractivity contribution is 6.02. The summed E-state index contributed by atoms with van der Waals surface area (Å²) in [5.74, 6) is -0.0443. The van der Waals surface area contributed by atoms with Gasteiger partial charge in [0, 0.05) is 29.9 Å². The quantitative estimate of drug-likeness (QED) is 0.494. The summed E-state index contributed by atoms with van der Waals surface area (Å²) in [5.41, 5.74) is 4.03. The van der Waals surface area contributed by atoms with E-state index in [0.717, 1.165) is 22.4 Å². The lowest BCUT2D eigenvalue weighted by Crippen LogP contribution is -2.07. The largest absolute Gasteiger partial charge is 0.428 e. The minimum atomic E-state index is -0.305. The maximum absolute atomic E-state index is 13.2. The predicted octanol–water partition coefficient (Wildman–Crippen LogP) is 3.85. The molecule has 8 heteroatoms. The maximum atomic E-state index is 13.2. The number of amides is 1. The zero-order valence-electron chi connectivity index (χ0n) is 16.1. The van der Waals surface area contributed by atoms with Gasteiger partial charge < -0.3 is 9.73 Å². The van der Waals surface area contributed by atoms with E-state index in [1.807, 2.05) is 24.3 Å². The minimum Gasteiger partial charge on any atom is -0.428 e. The molecule has 0 saturated carbocycles. The predicted molar refractivity (Wildman–Crippen MR) is 110 cm³/mol. The number of nitrogens with zero attached hydrogens (tertiary/aromatic N) is 4. The molecule has 4 aromatic rings. The Morgan fingerprint density at radius 1 is 1.17 bits per heavy atom. The van der Waals surface area contributed by atoms with Crippen molar-refractivity contribution in [2.75, 3.05) is 5.32 Å². The Labute approximate surface area is 171 Å². The zero-order valence-corrected chi connectivity index (χ0v) is 16.1. The van der Waals surface area contributed by atoms with Crippen molar-refractivity contribution in [1.82, 2.24) is 20.0 Å². The number of carbonyl (C=O) groups excluding carboxylic acids is 1. The van der Waals surface area contributed by atoms with Gasteiger partial charge in [-0.25, -0.2) is 4.39 Å². The van der Waals surface area contributed by atoms with E-state index in [9.17, 15) is 9.18 Å². The molecule has 0 atom stereocenters. The second-order valence-electron chi connectivity index (χ2n) is 6.61. The molecular weight excluding hydrogens is 385 g/mol. The Kier molecular flexibility index (Phi) is 5.47. The fraction of sp³-hybridized carbons (Fsp3) is 0.0909. The number of anilines is 1. The van der Waals surface area contributed by atoms with E-state index in [2.05, 4.69) is 20.6 Å². The van der Waals surface area contributed by atoms with E-state index >= 15 is 0 Å². The molecule has 0 spiro atoms. The zero-order chi connectivity index (χ0) is 20.9. The highest BCUT2D eigenvalue weighted by atomic mass is 19.1. The van der Waals surface area contributed by atoms with Crippen LogP contribution in [0.25, 0.3) is 17.3 Å². The Hall–Kier alpha value is -4.07. The van der Waals surface area contributed by atoms with E-state index < -0.39 is 0 Å². The second-order valence-corrected chi connectivity index (χ2v) is 6.61. The molecule has 0 fully saturated rings. The van der Waals surface area contributed by atoms with Gasteiger partial charge in [-0.05, 0) is 48.0 Å². The third kappa shape index (κ3) is 4.49. The molecule has 1 N–H and O–H groups in total. The van der Waals surface area contributed by atoms with Crippen LogP contribution in [0.2, 0.25) is 0 Å². The van der Waals surface area contributed by atoms with Gasteiger partial charge in [0.25, 0.3) is 0 Å². The van der Waals surface area contributed by atoms with Crippen LogP contribution in [-0.2, 0) is 18.3 Å². The van der Waals surface area contributed by atoms with Crippen LogP contribution in [0.1, 0.15) is 17.0 Å². The molecule has 0 saturated heterocycles. The fourth-order valence-electron chi connectivity index (χ4n) is 3.04. The van der Waals surface area contributed by atoms with Crippen molar-refractivity contribution < 1.29 is 13.6 Å². The Balaban J connectivity index is 1.42. The molecule has 0 unspecified atom stereocenters. The van der Waals surface area contributed by atoms with Gasteiger partial charge in [-0.2, -0.15) is 5.10 Å². The highest BCUT2D eigenvalue weighted by Crippen LogP contribution is 2.24. The van der Waals surface area contributed by atoms with Crippen LogP contribution in [0.5, 0.6) is 0 Å². The molecule has 150 valence electrons. The van der Waals surface area contributed by atoms with Gasteiger partial charge in [0.2, 0.25) is 18.2 Å². The lowest BCUT2D eigenvalue weighted by atomic mass is 10.1. The summed E-state index contributed by atoms with van der Waals surface area (Å²) in [6, 6.07) is 13.5. The number of hydrogen-bond donors (Lipinski definition) is 1. The molecule has 4 rings (SSSR count). The van der Waals surface area contributed by atoms with Crippen molar-refractivity contribution in [1.29, 1.82) is 0 Å². The first kappa shape index (κ1) is 19.3. The Morgan fingerprint density at radius 2 is 1.93 bits per heavy atom. The van der Waals surface area contributed by atoms with Crippen molar-refractivity contribution in [3.63, 3.8) is 0 Å². The number of aromatic nitrogens is 4. The van der Waals surface area contributed by atoms with Gasteiger partial charge in [0.05, 0.1) is 18.3 Å². The average Bonchev–Trinajstić information content (AvgIpc) is 3.38. The number of rotatable bonds is 6. The first-order chi connectivity index (χ1) is 14.6. The van der Waals surface area contributed by atoms with Crippen molar-refractivity contribution >= 4 is 17.7 Å². The standard InChI is InChI=1S/C22H18FN5O2/c1-28-22(16-4-7-18(23)8-5-16)17(13-25-28)6-11-20(29)26-19-9-2-15(3-10-19)12-21-27-24-14-30-21/h2-11,13-14H,12H2,1H3,(H,26,29)/b11-6+. The van der Waals surface area contributed by atoms with Crippen LogP contribution in [-0.4, -0.2) is 25.9 Å². The minimum absolute atomic E-state index is 0.270. The van der Waals surface area contributed by atoms with Gasteiger partial charge in [-0.15, -0.1) is 10.2 Å². The number of halogens is 1. The van der Waals surface area contributed by atoms with Crippen molar-refractivity contribution in [2.45, 2.75) is 6.42 Å². The Bertz CT molecular complexity index is 1160. The SMILES string of the molecule is Cn1ncc(/C=C/C(=O)Nc2ccc(Cc3nnco3)cc2)c1-c1ccc(F)cc1. The summed E-state index contributed by atoms with van der Waals surface area (Å²) in [5, 5.41) is 14.6. The molecule has 2 heterocycles. The molecule has 0 bridgehead atoms. The van der Waals surface area contributed by atoms with Gasteiger partial charge in [-0.1, -0.05) is 12.1 Å². The normalized spacial score (nSPS) is 11.1. The van der Waals surface area contributed by atoms with Crippen LogP contribution in [0, 0.1) is 5.82 Å². The van der Waals surface area contributed by atoms with Gasteiger partial charge in [0.1, 0.15) is 5.82 Å². The third-order valence-corrected chi connectivity index (χ3v) is 4.48. The summed E-state index contributed by atoms with van der Waals surface area (Å²) in [4.78, 5) is 12.3. The lowest BCUT2D eigenvalue weighted by molar-refractivity contribution is -0.111. The summed E-state index contributed by atoms with van der Waals surface area (Å²) < 4.78 is 20.0. The molecule has 2 aromatic heterocycles. The molecule has 0 radical (unpaired) electrons. The third-order valence-electron chi connectivity index (χ3n) is 4.48. The van der Waals surface area contributed by atoms with E-state index in [4.69, 9.17) is 4.42 Å². The smallest absolute Gasteiger partial charge is 0.248 e. The van der Waals surface area contributed by atoms with Crippen molar-refractivity contribution in [3.8, 4) is 11.3 Å². The number of aryl methyl sites for hydroxylation is 1. The number of carbonyl (C=O) groups is 1. The molecule has 0 aliphatic carbocycles. The topological polar surface area (TPSA) is 85.8 Å². The van der Waals surface area contributed by atoms with Crippen molar-refractivity contribution in [3.05, 3.63) is 90.0 Å². The van der Waals surface area contributed by atoms with E-state index in [1.165, 1.54) is 24.6 Å². The molecule has 30 heavy (non-hydrogen) atoms. The number of nitrogens with one attached hydrogen (secondary N) is 1. The second kappa shape index (κ2) is 8.52. The van der Waals surface area contributed by atoms with Crippen LogP contribution in [0.3, 0.4) is 0 Å². The van der Waals surface area contributed by atoms with E-state index in [-0.39, 0.29) is 11.7 Å². The molecule has 7 nitrogen and oxygen atoms in total. The van der Waals surface area contributed by atoms with E-state index in [1.54, 1.807) is 36.1 Å². The molecule has 0 aliphatic heterocycles. The summed E-state index contributed by atoms with van der Waals surface area (Å²) >= 11 is 0. The van der Waals surface area contributed by atoms with Crippen LogP contribution < -0.4 is 5.32 Å². The van der Waals surface area contributed by atoms with E-state index in [0.29, 0.717) is 18.0 Å². The Morgan fingerprint density at radius 3 is 2.63 bits per heavy atom. The lowest BCUT2D eigenvalue weighted by Gasteiger charge is -2.05. The fourth-order valence-corrected chi connectivity index (χ4v) is 3.04. The number of hydrogen-bond acceptors (Lipinski definition) is 5. The monoisotopic (exact) mass is 403 g/mol. The van der Waals surface area contributed by atoms with Gasteiger partial charge in [-0.3, -0.25) is 9.48 Å². The molecular formula is C22H18FN5O2. The average molecular weight is 403 g/mol. The number of benzene rings is 2. The molecule has 0 aliphatic rings. The van der Waals surface area contributed by atoms with Crippen LogP contribution >= 0.6 is 0 Å². The summed E-state index contributed by atoms with van der Waals surface area (Å²) in [7, 11) is 1.80. The van der Waals surface area contributed by atoms with Crippen LogP contribution in [0.15, 0.2) is 71.6 Å². The highest BCUT2D eigenvalue weighted by Gasteiger charge is 2.10. The summed E-state index contributed by atoms with van der Waals surface area (Å²) in [6.07, 6.45) is 6.61.